The molecule has 118 valence electrons. The van der Waals surface area contributed by atoms with Crippen molar-refractivity contribution in [3.63, 3.8) is 0 Å². The van der Waals surface area contributed by atoms with Gasteiger partial charge in [0.15, 0.2) is 0 Å². The second-order valence-electron chi connectivity index (χ2n) is 7.19. The highest BCUT2D eigenvalue weighted by Crippen LogP contribution is 2.48. The molecule has 0 radical (unpaired) electrons. The predicted molar refractivity (Wildman–Crippen MR) is 78.7 cm³/mol. The second kappa shape index (κ2) is 5.95. The van der Waals surface area contributed by atoms with Gasteiger partial charge in [-0.1, -0.05) is 6.92 Å². The van der Waals surface area contributed by atoms with E-state index in [4.69, 9.17) is 0 Å². The number of carboxylic acids is 1. The molecule has 1 aliphatic heterocycles. The number of nitrogens with zero attached hydrogens (tertiary/aromatic N) is 1. The maximum absolute atomic E-state index is 12.3. The number of carbonyl (C=O) groups is 2. The fourth-order valence-electron chi connectivity index (χ4n) is 4.67. The van der Waals surface area contributed by atoms with E-state index >= 15 is 0 Å². The number of hydrogen-bond donors (Lipinski definition) is 2. The molecule has 5 atom stereocenters. The number of carbonyl (C=O) groups excluding carboxylic acids is 1. The molecule has 5 heteroatoms. The van der Waals surface area contributed by atoms with Gasteiger partial charge in [0.25, 0.3) is 0 Å². The smallest absolute Gasteiger partial charge is 0.308 e. The van der Waals surface area contributed by atoms with Gasteiger partial charge in [0, 0.05) is 19.1 Å². The van der Waals surface area contributed by atoms with Crippen molar-refractivity contribution in [1.82, 2.24) is 10.2 Å². The van der Waals surface area contributed by atoms with Gasteiger partial charge in [-0.05, 0) is 49.9 Å². The number of likely N-dealkylation sites (tertiary alicyclic amines) is 1. The maximum Gasteiger partial charge on any atom is 0.308 e. The topological polar surface area (TPSA) is 69.6 Å². The predicted octanol–water partition coefficient (Wildman–Crippen LogP) is 1.33. The lowest BCUT2D eigenvalue weighted by atomic mass is 9.84. The number of carboxylic acid groups (broad SMARTS) is 1. The fourth-order valence-corrected chi connectivity index (χ4v) is 4.67. The molecule has 5 nitrogen and oxygen atoms in total. The molecule has 0 aromatic heterocycles. The molecule has 1 saturated heterocycles. The summed E-state index contributed by atoms with van der Waals surface area (Å²) in [5, 5.41) is 12.7. The molecule has 1 amide bonds. The Kier molecular flexibility index (Phi) is 4.20. The number of piperidine rings is 1. The Bertz CT molecular complexity index is 426. The highest BCUT2D eigenvalue weighted by atomic mass is 16.4. The summed E-state index contributed by atoms with van der Waals surface area (Å²) in [5.74, 6) is 0.486. The summed E-state index contributed by atoms with van der Waals surface area (Å²) in [7, 11) is 0. The van der Waals surface area contributed by atoms with E-state index in [1.807, 2.05) is 4.90 Å². The Morgan fingerprint density at radius 2 is 2.00 bits per heavy atom. The summed E-state index contributed by atoms with van der Waals surface area (Å²) in [4.78, 5) is 25.7. The Labute approximate surface area is 126 Å². The number of amides is 1. The van der Waals surface area contributed by atoms with Gasteiger partial charge in [-0.3, -0.25) is 9.59 Å². The molecule has 0 spiro atoms. The first-order valence-electron chi connectivity index (χ1n) is 8.30. The van der Waals surface area contributed by atoms with E-state index in [1.54, 1.807) is 0 Å². The maximum atomic E-state index is 12.3. The zero-order valence-corrected chi connectivity index (χ0v) is 12.8. The molecule has 21 heavy (non-hydrogen) atoms. The first kappa shape index (κ1) is 14.8. The van der Waals surface area contributed by atoms with Crippen molar-refractivity contribution < 1.29 is 14.7 Å². The third-order valence-corrected chi connectivity index (χ3v) is 5.70. The van der Waals surface area contributed by atoms with Crippen molar-refractivity contribution >= 4 is 11.9 Å². The van der Waals surface area contributed by atoms with Gasteiger partial charge in [0.2, 0.25) is 5.91 Å². The highest BCUT2D eigenvalue weighted by molar-refractivity contribution is 5.78. The number of nitrogens with one attached hydrogen (secondary N) is 1. The third-order valence-electron chi connectivity index (χ3n) is 5.70. The van der Waals surface area contributed by atoms with Crippen LogP contribution in [0.5, 0.6) is 0 Å². The second-order valence-corrected chi connectivity index (χ2v) is 7.19. The Balaban J connectivity index is 1.54. The molecule has 3 fully saturated rings. The van der Waals surface area contributed by atoms with E-state index in [2.05, 4.69) is 12.2 Å². The van der Waals surface area contributed by atoms with E-state index < -0.39 is 5.97 Å². The quantitative estimate of drug-likeness (QED) is 0.821. The van der Waals surface area contributed by atoms with E-state index in [1.165, 1.54) is 6.42 Å². The van der Waals surface area contributed by atoms with Crippen molar-refractivity contribution in [3.05, 3.63) is 0 Å². The minimum absolute atomic E-state index is 0.00702. The molecule has 2 aliphatic carbocycles. The minimum Gasteiger partial charge on any atom is -0.481 e. The lowest BCUT2D eigenvalue weighted by molar-refractivity contribution is -0.145. The van der Waals surface area contributed by atoms with E-state index in [-0.39, 0.29) is 17.9 Å². The number of aliphatic carboxylic acids is 1. The summed E-state index contributed by atoms with van der Waals surface area (Å²) in [6, 6.07) is -0.00702. The average Bonchev–Trinajstić information content (AvgIpc) is 3.05. The summed E-state index contributed by atoms with van der Waals surface area (Å²) in [6.45, 7) is 4.18. The van der Waals surface area contributed by atoms with Gasteiger partial charge in [-0.25, -0.2) is 0 Å². The van der Waals surface area contributed by atoms with Crippen molar-refractivity contribution in [3.8, 4) is 0 Å². The third kappa shape index (κ3) is 2.93. The Morgan fingerprint density at radius 3 is 2.71 bits per heavy atom. The zero-order chi connectivity index (χ0) is 15.0. The zero-order valence-electron chi connectivity index (χ0n) is 12.8. The molecule has 2 N–H and O–H groups in total. The van der Waals surface area contributed by atoms with Gasteiger partial charge in [-0.2, -0.15) is 0 Å². The number of rotatable bonds is 4. The van der Waals surface area contributed by atoms with Crippen LogP contribution in [0.1, 0.15) is 39.0 Å². The lowest BCUT2D eigenvalue weighted by Gasteiger charge is -2.33. The van der Waals surface area contributed by atoms with Gasteiger partial charge < -0.3 is 15.3 Å². The van der Waals surface area contributed by atoms with Crippen LogP contribution in [0.25, 0.3) is 0 Å². The highest BCUT2D eigenvalue weighted by Gasteiger charge is 2.50. The Hall–Kier alpha value is -1.10. The van der Waals surface area contributed by atoms with Crippen molar-refractivity contribution in [2.24, 2.45) is 23.7 Å². The van der Waals surface area contributed by atoms with E-state index in [0.717, 1.165) is 38.8 Å². The van der Waals surface area contributed by atoms with Crippen LogP contribution in [0.3, 0.4) is 0 Å². The molecule has 3 aliphatic rings. The van der Waals surface area contributed by atoms with Gasteiger partial charge in [-0.15, -0.1) is 0 Å². The van der Waals surface area contributed by atoms with Crippen LogP contribution < -0.4 is 5.32 Å². The van der Waals surface area contributed by atoms with Crippen molar-refractivity contribution in [2.75, 3.05) is 19.6 Å². The van der Waals surface area contributed by atoms with Gasteiger partial charge >= 0.3 is 5.97 Å². The molecule has 0 aromatic carbocycles. The average molecular weight is 294 g/mol. The largest absolute Gasteiger partial charge is 0.481 e. The standard InChI is InChI=1S/C16H26N2O3/c1-10-3-2-6-18(9-10)13(19)8-17-15-12-5-4-11(7-12)14(15)16(20)21/h10-12,14-15,17H,2-9H2,1H3,(H,20,21). The Morgan fingerprint density at radius 1 is 1.24 bits per heavy atom. The fraction of sp³-hybridized carbons (Fsp3) is 0.875. The molecule has 2 saturated carbocycles. The van der Waals surface area contributed by atoms with E-state index in [9.17, 15) is 14.7 Å². The molecule has 0 aromatic rings. The molecule has 1 heterocycles. The van der Waals surface area contributed by atoms with Crippen molar-refractivity contribution in [2.45, 2.75) is 45.1 Å². The number of hydrogen-bond acceptors (Lipinski definition) is 3. The lowest BCUT2D eigenvalue weighted by Crippen LogP contribution is -2.50. The SMILES string of the molecule is CC1CCCN(C(=O)CNC2C3CCC(C3)C2C(=O)O)C1. The van der Waals surface area contributed by atoms with Crippen LogP contribution in [0.2, 0.25) is 0 Å². The van der Waals surface area contributed by atoms with E-state index in [0.29, 0.717) is 24.3 Å². The monoisotopic (exact) mass is 294 g/mol. The summed E-state index contributed by atoms with van der Waals surface area (Å²) >= 11 is 0. The van der Waals surface area contributed by atoms with Gasteiger partial charge in [0.1, 0.15) is 0 Å². The number of fused-ring (bicyclic) bond motifs is 2. The normalized spacial score (nSPS) is 38.7. The van der Waals surface area contributed by atoms with Crippen LogP contribution in [0, 0.1) is 23.7 Å². The molecule has 2 bridgehead atoms. The van der Waals surface area contributed by atoms with Crippen LogP contribution in [0.15, 0.2) is 0 Å². The summed E-state index contributed by atoms with van der Waals surface area (Å²) in [6.07, 6.45) is 5.45. The van der Waals surface area contributed by atoms with Crippen LogP contribution in [0.4, 0.5) is 0 Å². The minimum atomic E-state index is -0.696. The molecular formula is C16H26N2O3. The summed E-state index contributed by atoms with van der Waals surface area (Å²) < 4.78 is 0. The van der Waals surface area contributed by atoms with Gasteiger partial charge in [0.05, 0.1) is 12.5 Å². The molecule has 5 unspecified atom stereocenters. The van der Waals surface area contributed by atoms with Crippen molar-refractivity contribution in [1.29, 1.82) is 0 Å². The van der Waals surface area contributed by atoms with Crippen LogP contribution in [-0.4, -0.2) is 47.6 Å². The first-order valence-corrected chi connectivity index (χ1v) is 8.30. The molecular weight excluding hydrogens is 268 g/mol. The van der Waals surface area contributed by atoms with Crippen LogP contribution >= 0.6 is 0 Å². The van der Waals surface area contributed by atoms with Crippen LogP contribution in [-0.2, 0) is 9.59 Å². The summed E-state index contributed by atoms with van der Waals surface area (Å²) in [5.41, 5.74) is 0. The molecule has 3 rings (SSSR count). The first-order chi connectivity index (χ1) is 10.1.